The van der Waals surface area contributed by atoms with E-state index in [0.29, 0.717) is 0 Å². The second-order valence-corrected chi connectivity index (χ2v) is 2.00. The lowest BCUT2D eigenvalue weighted by atomic mass is 10.2. The lowest BCUT2D eigenvalue weighted by Crippen LogP contribution is -1.83. The minimum atomic E-state index is 0.764. The van der Waals surface area contributed by atoms with E-state index >= 15 is 0 Å². The predicted molar refractivity (Wildman–Crippen MR) is 43.4 cm³/mol. The van der Waals surface area contributed by atoms with Gasteiger partial charge in [0.05, 0.1) is 0 Å². The van der Waals surface area contributed by atoms with Crippen LogP contribution in [-0.4, -0.2) is 0 Å². The van der Waals surface area contributed by atoms with E-state index in [9.17, 15) is 0 Å². The Labute approximate surface area is 60.9 Å². The summed E-state index contributed by atoms with van der Waals surface area (Å²) in [4.78, 5) is 0. The summed E-state index contributed by atoms with van der Waals surface area (Å²) >= 11 is 0. The highest BCUT2D eigenvalue weighted by molar-refractivity contribution is 5.46. The average molecular weight is 131 g/mol. The first-order valence-corrected chi connectivity index (χ1v) is 3.11. The van der Waals surface area contributed by atoms with Crippen LogP contribution in [0.1, 0.15) is 12.5 Å². The van der Waals surface area contributed by atoms with E-state index in [1.54, 1.807) is 0 Å². The van der Waals surface area contributed by atoms with Crippen LogP contribution in [0, 0.1) is 11.8 Å². The molecule has 1 aromatic carbocycles. The van der Waals surface area contributed by atoms with Crippen molar-refractivity contribution in [2.24, 2.45) is 0 Å². The third-order valence-corrected chi connectivity index (χ3v) is 1.16. The number of nitrogen functional groups attached to an aromatic ring is 1. The van der Waals surface area contributed by atoms with E-state index in [1.165, 1.54) is 0 Å². The minimum absolute atomic E-state index is 0.764. The van der Waals surface area contributed by atoms with Crippen LogP contribution in [0.15, 0.2) is 24.3 Å². The summed E-state index contributed by atoms with van der Waals surface area (Å²) in [5, 5.41) is 0. The summed E-state index contributed by atoms with van der Waals surface area (Å²) < 4.78 is 0. The summed E-state index contributed by atoms with van der Waals surface area (Å²) in [6, 6.07) is 7.54. The van der Waals surface area contributed by atoms with Crippen LogP contribution >= 0.6 is 0 Å². The highest BCUT2D eigenvalue weighted by Gasteiger charge is 1.84. The van der Waals surface area contributed by atoms with Crippen molar-refractivity contribution in [3.05, 3.63) is 29.8 Å². The van der Waals surface area contributed by atoms with Gasteiger partial charge in [-0.3, -0.25) is 0 Å². The van der Waals surface area contributed by atoms with Crippen LogP contribution in [0.4, 0.5) is 5.69 Å². The molecule has 0 bridgehead atoms. The van der Waals surface area contributed by atoms with Crippen LogP contribution in [0.5, 0.6) is 0 Å². The molecule has 0 amide bonds. The molecule has 50 valence electrons. The molecule has 0 saturated carbocycles. The number of nitrogens with two attached hydrogens (primary N) is 1. The van der Waals surface area contributed by atoms with E-state index in [0.717, 1.165) is 11.3 Å². The lowest BCUT2D eigenvalue weighted by molar-refractivity contribution is 1.63. The van der Waals surface area contributed by atoms with Crippen molar-refractivity contribution in [2.45, 2.75) is 6.92 Å². The number of anilines is 1. The van der Waals surface area contributed by atoms with Crippen molar-refractivity contribution < 1.29 is 0 Å². The molecule has 0 radical (unpaired) electrons. The molecule has 0 spiro atoms. The Morgan fingerprint density at radius 3 is 2.80 bits per heavy atom. The summed E-state index contributed by atoms with van der Waals surface area (Å²) in [6.45, 7) is 1.81. The van der Waals surface area contributed by atoms with E-state index in [4.69, 9.17) is 5.73 Å². The molecule has 0 aliphatic rings. The molecule has 0 atom stereocenters. The van der Waals surface area contributed by atoms with Crippen molar-refractivity contribution in [3.63, 3.8) is 0 Å². The van der Waals surface area contributed by atoms with E-state index in [1.807, 2.05) is 31.2 Å². The molecule has 1 nitrogen and oxygen atoms in total. The second kappa shape index (κ2) is 2.93. The Morgan fingerprint density at radius 2 is 2.20 bits per heavy atom. The fourth-order valence-electron chi connectivity index (χ4n) is 0.761. The highest BCUT2D eigenvalue weighted by atomic mass is 14.5. The van der Waals surface area contributed by atoms with Crippen LogP contribution in [0.25, 0.3) is 0 Å². The molecular weight excluding hydrogens is 122 g/mol. The monoisotopic (exact) mass is 131 g/mol. The molecule has 10 heavy (non-hydrogen) atoms. The van der Waals surface area contributed by atoms with Crippen molar-refractivity contribution in [1.82, 2.24) is 0 Å². The number of hydrogen-bond donors (Lipinski definition) is 1. The highest BCUT2D eigenvalue weighted by Crippen LogP contribution is 2.03. The second-order valence-electron chi connectivity index (χ2n) is 2.00. The van der Waals surface area contributed by atoms with Crippen LogP contribution < -0.4 is 5.73 Å². The first-order chi connectivity index (χ1) is 4.83. The zero-order valence-corrected chi connectivity index (χ0v) is 5.89. The number of rotatable bonds is 0. The maximum Gasteiger partial charge on any atom is 0.0326 e. The predicted octanol–water partition coefficient (Wildman–Crippen LogP) is 1.64. The Morgan fingerprint density at radius 1 is 1.40 bits per heavy atom. The van der Waals surface area contributed by atoms with Crippen LogP contribution in [0.3, 0.4) is 0 Å². The SMILES string of the molecule is CC#Cc1cccc(N)c1. The fraction of sp³-hybridized carbons (Fsp3) is 0.111. The molecule has 0 saturated heterocycles. The van der Waals surface area contributed by atoms with Gasteiger partial charge in [0.1, 0.15) is 0 Å². The van der Waals surface area contributed by atoms with Gasteiger partial charge in [0.25, 0.3) is 0 Å². The minimum Gasteiger partial charge on any atom is -0.399 e. The summed E-state index contributed by atoms with van der Waals surface area (Å²) in [5.74, 6) is 5.72. The van der Waals surface area contributed by atoms with Gasteiger partial charge in [-0.2, -0.15) is 0 Å². The van der Waals surface area contributed by atoms with Gasteiger partial charge in [0, 0.05) is 11.3 Å². The van der Waals surface area contributed by atoms with Gasteiger partial charge in [-0.1, -0.05) is 12.0 Å². The molecule has 0 aromatic heterocycles. The zero-order valence-electron chi connectivity index (χ0n) is 5.89. The molecule has 0 unspecified atom stereocenters. The molecule has 0 aliphatic heterocycles. The maximum atomic E-state index is 5.52. The summed E-state index contributed by atoms with van der Waals surface area (Å²) in [6.07, 6.45) is 0. The van der Waals surface area contributed by atoms with Gasteiger partial charge >= 0.3 is 0 Å². The standard InChI is InChI=1S/C9H9N/c1-2-4-8-5-3-6-9(10)7-8/h3,5-7H,10H2,1H3. The molecule has 0 fully saturated rings. The molecule has 0 aliphatic carbocycles. The van der Waals surface area contributed by atoms with Crippen molar-refractivity contribution >= 4 is 5.69 Å². The molecule has 0 heterocycles. The van der Waals surface area contributed by atoms with Gasteiger partial charge in [-0.15, -0.1) is 5.92 Å². The first kappa shape index (κ1) is 6.70. The lowest BCUT2D eigenvalue weighted by Gasteiger charge is -1.91. The molecule has 2 N–H and O–H groups in total. The first-order valence-electron chi connectivity index (χ1n) is 3.11. The zero-order chi connectivity index (χ0) is 7.40. The third kappa shape index (κ3) is 1.53. The van der Waals surface area contributed by atoms with E-state index in [2.05, 4.69) is 11.8 Å². The molecule has 1 aromatic rings. The number of hydrogen-bond acceptors (Lipinski definition) is 1. The smallest absolute Gasteiger partial charge is 0.0326 e. The van der Waals surface area contributed by atoms with Crippen molar-refractivity contribution in [3.8, 4) is 11.8 Å². The molecule has 1 heteroatoms. The summed E-state index contributed by atoms with van der Waals surface area (Å²) in [5.41, 5.74) is 7.26. The average Bonchev–Trinajstić information content (AvgIpc) is 1.88. The van der Waals surface area contributed by atoms with Gasteiger partial charge in [0.2, 0.25) is 0 Å². The van der Waals surface area contributed by atoms with Gasteiger partial charge in [0.15, 0.2) is 0 Å². The van der Waals surface area contributed by atoms with Gasteiger partial charge in [-0.25, -0.2) is 0 Å². The van der Waals surface area contributed by atoms with Crippen molar-refractivity contribution in [1.29, 1.82) is 0 Å². The Balaban J connectivity index is 3.03. The van der Waals surface area contributed by atoms with Crippen molar-refractivity contribution in [2.75, 3.05) is 5.73 Å². The Kier molecular flexibility index (Phi) is 1.96. The number of benzene rings is 1. The van der Waals surface area contributed by atoms with Crippen LogP contribution in [-0.2, 0) is 0 Å². The third-order valence-electron chi connectivity index (χ3n) is 1.16. The normalized spacial score (nSPS) is 8.10. The topological polar surface area (TPSA) is 26.0 Å². The van der Waals surface area contributed by atoms with E-state index < -0.39 is 0 Å². The summed E-state index contributed by atoms with van der Waals surface area (Å²) in [7, 11) is 0. The molecular formula is C9H9N. The molecule has 1 rings (SSSR count). The van der Waals surface area contributed by atoms with Crippen LogP contribution in [0.2, 0.25) is 0 Å². The Bertz CT molecular complexity index is 278. The Hall–Kier alpha value is -1.42. The largest absolute Gasteiger partial charge is 0.399 e. The van der Waals surface area contributed by atoms with Gasteiger partial charge in [-0.05, 0) is 25.1 Å². The quantitative estimate of drug-likeness (QED) is 0.420. The van der Waals surface area contributed by atoms with Gasteiger partial charge < -0.3 is 5.73 Å². The fourth-order valence-corrected chi connectivity index (χ4v) is 0.761. The maximum absolute atomic E-state index is 5.52. The van der Waals surface area contributed by atoms with E-state index in [-0.39, 0.29) is 0 Å².